The number of methoxy groups -OCH3 is 1. The predicted octanol–water partition coefficient (Wildman–Crippen LogP) is 1.36. The minimum atomic E-state index is -0.500. The fourth-order valence-corrected chi connectivity index (χ4v) is 1.52. The van der Waals surface area contributed by atoms with Gasteiger partial charge in [0.15, 0.2) is 0 Å². The zero-order valence-corrected chi connectivity index (χ0v) is 10.7. The number of hydrogen-bond donors (Lipinski definition) is 0. The monoisotopic (exact) mass is 247 g/mol. The average molecular weight is 247 g/mol. The van der Waals surface area contributed by atoms with Gasteiger partial charge >= 0.3 is 0 Å². The highest BCUT2D eigenvalue weighted by molar-refractivity contribution is 5.80. The Bertz CT molecular complexity index is 414. The van der Waals surface area contributed by atoms with Gasteiger partial charge in [-0.15, -0.1) is 0 Å². The topological polar surface area (TPSA) is 66.2 Å². The van der Waals surface area contributed by atoms with Crippen LogP contribution in [0.15, 0.2) is 24.5 Å². The second-order valence-electron chi connectivity index (χ2n) is 3.91. The Kier molecular flexibility index (Phi) is 5.81. The van der Waals surface area contributed by atoms with Gasteiger partial charge in [0.05, 0.1) is 12.5 Å². The van der Waals surface area contributed by atoms with Gasteiger partial charge < -0.3 is 9.64 Å². The first-order chi connectivity index (χ1) is 8.69. The van der Waals surface area contributed by atoms with Crippen LogP contribution in [-0.4, -0.2) is 35.5 Å². The second-order valence-corrected chi connectivity index (χ2v) is 3.91. The SMILES string of the molecule is COC(C)C(=O)N(CCC#N)Cc1cccnc1. The molecule has 1 heterocycles. The molecule has 18 heavy (non-hydrogen) atoms. The van der Waals surface area contributed by atoms with Gasteiger partial charge in [-0.05, 0) is 18.6 Å². The summed E-state index contributed by atoms with van der Waals surface area (Å²) in [5.41, 5.74) is 0.937. The Labute approximate surface area is 107 Å². The standard InChI is InChI=1S/C13H17N3O2/c1-11(18-2)13(17)16(8-4-6-14)10-12-5-3-7-15-9-12/h3,5,7,9,11H,4,8,10H2,1-2H3. The first kappa shape index (κ1) is 14.1. The number of ether oxygens (including phenoxy) is 1. The first-order valence-corrected chi connectivity index (χ1v) is 5.76. The summed E-state index contributed by atoms with van der Waals surface area (Å²) in [5.74, 6) is -0.114. The summed E-state index contributed by atoms with van der Waals surface area (Å²) in [6, 6.07) is 5.77. The number of carbonyl (C=O) groups excluding carboxylic acids is 1. The number of pyridine rings is 1. The molecule has 0 saturated heterocycles. The molecule has 1 unspecified atom stereocenters. The molecule has 0 aliphatic carbocycles. The smallest absolute Gasteiger partial charge is 0.251 e. The molecule has 0 N–H and O–H groups in total. The van der Waals surface area contributed by atoms with Crippen LogP contribution in [0.4, 0.5) is 0 Å². The van der Waals surface area contributed by atoms with Crippen molar-refractivity contribution in [2.45, 2.75) is 26.0 Å². The molecule has 0 aliphatic rings. The third-order valence-corrected chi connectivity index (χ3v) is 2.60. The van der Waals surface area contributed by atoms with Crippen LogP contribution < -0.4 is 0 Å². The quantitative estimate of drug-likeness (QED) is 0.761. The number of nitriles is 1. The Morgan fingerprint density at radius 3 is 3.00 bits per heavy atom. The van der Waals surface area contributed by atoms with E-state index in [2.05, 4.69) is 4.98 Å². The van der Waals surface area contributed by atoms with Gasteiger partial charge in [0.25, 0.3) is 5.91 Å². The van der Waals surface area contributed by atoms with Crippen LogP contribution in [0, 0.1) is 11.3 Å². The maximum atomic E-state index is 12.1. The van der Waals surface area contributed by atoms with Gasteiger partial charge in [-0.3, -0.25) is 9.78 Å². The summed E-state index contributed by atoms with van der Waals surface area (Å²) in [6.45, 7) is 2.55. The van der Waals surface area contributed by atoms with Crippen molar-refractivity contribution in [2.24, 2.45) is 0 Å². The zero-order valence-electron chi connectivity index (χ0n) is 10.7. The van der Waals surface area contributed by atoms with E-state index in [1.807, 2.05) is 18.2 Å². The molecule has 96 valence electrons. The summed E-state index contributed by atoms with van der Waals surface area (Å²) in [7, 11) is 1.50. The molecule has 1 aromatic heterocycles. The van der Waals surface area contributed by atoms with E-state index in [4.69, 9.17) is 10.00 Å². The first-order valence-electron chi connectivity index (χ1n) is 5.76. The Hall–Kier alpha value is -1.93. The van der Waals surface area contributed by atoms with E-state index in [0.717, 1.165) is 5.56 Å². The molecule has 0 fully saturated rings. The van der Waals surface area contributed by atoms with Gasteiger partial charge in [0.1, 0.15) is 6.10 Å². The van der Waals surface area contributed by atoms with Crippen LogP contribution in [0.2, 0.25) is 0 Å². The predicted molar refractivity (Wildman–Crippen MR) is 66.4 cm³/mol. The highest BCUT2D eigenvalue weighted by Gasteiger charge is 2.20. The van der Waals surface area contributed by atoms with Crippen molar-refractivity contribution in [1.29, 1.82) is 5.26 Å². The fraction of sp³-hybridized carbons (Fsp3) is 0.462. The minimum Gasteiger partial charge on any atom is -0.372 e. The number of amides is 1. The van der Waals surface area contributed by atoms with Crippen molar-refractivity contribution in [1.82, 2.24) is 9.88 Å². The van der Waals surface area contributed by atoms with Crippen LogP contribution in [0.25, 0.3) is 0 Å². The Balaban J connectivity index is 2.72. The van der Waals surface area contributed by atoms with E-state index in [1.165, 1.54) is 7.11 Å². The van der Waals surface area contributed by atoms with E-state index >= 15 is 0 Å². The summed E-state index contributed by atoms with van der Waals surface area (Å²) in [5, 5.41) is 8.63. The van der Waals surface area contributed by atoms with Gasteiger partial charge in [0, 0.05) is 32.6 Å². The molecule has 0 radical (unpaired) electrons. The van der Waals surface area contributed by atoms with E-state index in [-0.39, 0.29) is 5.91 Å². The molecule has 1 aromatic rings. The van der Waals surface area contributed by atoms with E-state index in [9.17, 15) is 4.79 Å². The molecule has 0 aromatic carbocycles. The largest absolute Gasteiger partial charge is 0.372 e. The highest BCUT2D eigenvalue weighted by Crippen LogP contribution is 2.07. The van der Waals surface area contributed by atoms with E-state index in [0.29, 0.717) is 19.5 Å². The Morgan fingerprint density at radius 1 is 1.67 bits per heavy atom. The fourth-order valence-electron chi connectivity index (χ4n) is 1.52. The third-order valence-electron chi connectivity index (χ3n) is 2.60. The maximum Gasteiger partial charge on any atom is 0.251 e. The molecule has 1 atom stereocenters. The van der Waals surface area contributed by atoms with Crippen molar-refractivity contribution < 1.29 is 9.53 Å². The maximum absolute atomic E-state index is 12.1. The zero-order chi connectivity index (χ0) is 13.4. The van der Waals surface area contributed by atoms with Gasteiger partial charge in [-0.25, -0.2) is 0 Å². The summed E-state index contributed by atoms with van der Waals surface area (Å²) < 4.78 is 5.02. The van der Waals surface area contributed by atoms with Crippen molar-refractivity contribution in [3.63, 3.8) is 0 Å². The lowest BCUT2D eigenvalue weighted by molar-refractivity contribution is -0.141. The number of hydrogen-bond acceptors (Lipinski definition) is 4. The lowest BCUT2D eigenvalue weighted by atomic mass is 10.2. The number of aromatic nitrogens is 1. The minimum absolute atomic E-state index is 0.114. The van der Waals surface area contributed by atoms with Crippen LogP contribution >= 0.6 is 0 Å². The molecule has 1 amide bonds. The molecular formula is C13H17N3O2. The van der Waals surface area contributed by atoms with Crippen LogP contribution in [0.1, 0.15) is 18.9 Å². The number of rotatable bonds is 6. The number of nitrogens with zero attached hydrogens (tertiary/aromatic N) is 3. The summed E-state index contributed by atoms with van der Waals surface area (Å²) in [6.07, 6.45) is 3.20. The molecule has 5 heteroatoms. The van der Waals surface area contributed by atoms with E-state index < -0.39 is 6.10 Å². The summed E-state index contributed by atoms with van der Waals surface area (Å²) >= 11 is 0. The molecule has 0 bridgehead atoms. The highest BCUT2D eigenvalue weighted by atomic mass is 16.5. The third kappa shape index (κ3) is 4.15. The molecule has 0 spiro atoms. The van der Waals surface area contributed by atoms with Gasteiger partial charge in [-0.1, -0.05) is 6.07 Å². The van der Waals surface area contributed by atoms with Crippen molar-refractivity contribution in [3.8, 4) is 6.07 Å². The lowest BCUT2D eigenvalue weighted by Gasteiger charge is -2.24. The van der Waals surface area contributed by atoms with Crippen LogP contribution in [-0.2, 0) is 16.1 Å². The molecule has 5 nitrogen and oxygen atoms in total. The summed E-state index contributed by atoms with van der Waals surface area (Å²) in [4.78, 5) is 17.7. The normalized spacial score (nSPS) is 11.6. The van der Waals surface area contributed by atoms with Gasteiger partial charge in [0.2, 0.25) is 0 Å². The van der Waals surface area contributed by atoms with Crippen molar-refractivity contribution in [2.75, 3.05) is 13.7 Å². The van der Waals surface area contributed by atoms with Crippen molar-refractivity contribution in [3.05, 3.63) is 30.1 Å². The van der Waals surface area contributed by atoms with Gasteiger partial charge in [-0.2, -0.15) is 5.26 Å². The molecule has 0 aliphatic heterocycles. The Morgan fingerprint density at radius 2 is 2.44 bits per heavy atom. The molecule has 0 saturated carbocycles. The van der Waals surface area contributed by atoms with Crippen LogP contribution in [0.5, 0.6) is 0 Å². The average Bonchev–Trinajstić information content (AvgIpc) is 2.42. The lowest BCUT2D eigenvalue weighted by Crippen LogP contribution is -2.38. The van der Waals surface area contributed by atoms with Crippen molar-refractivity contribution >= 4 is 5.91 Å². The number of carbonyl (C=O) groups is 1. The molecule has 1 rings (SSSR count). The van der Waals surface area contributed by atoms with Crippen LogP contribution in [0.3, 0.4) is 0 Å². The molecular weight excluding hydrogens is 230 g/mol. The second kappa shape index (κ2) is 7.41. The van der Waals surface area contributed by atoms with E-state index in [1.54, 1.807) is 24.2 Å².